The number of fused-ring (bicyclic) bond motifs is 2. The number of hydrogen-bond donors (Lipinski definition) is 1. The van der Waals surface area contributed by atoms with Gasteiger partial charge < -0.3 is 10.1 Å². The normalized spacial score (nSPS) is 25.5. The number of benzene rings is 1. The summed E-state index contributed by atoms with van der Waals surface area (Å²) in [5.74, 6) is 1.89. The summed E-state index contributed by atoms with van der Waals surface area (Å²) in [4.78, 5) is 12.0. The van der Waals surface area contributed by atoms with E-state index < -0.39 is 10.0 Å². The van der Waals surface area contributed by atoms with Crippen molar-refractivity contribution in [3.05, 3.63) is 24.3 Å². The van der Waals surface area contributed by atoms with Crippen molar-refractivity contribution in [2.75, 3.05) is 24.2 Å². The topological polar surface area (TPSA) is 75.7 Å². The highest BCUT2D eigenvalue weighted by Crippen LogP contribution is 2.44. The van der Waals surface area contributed by atoms with Crippen LogP contribution in [0.3, 0.4) is 0 Å². The van der Waals surface area contributed by atoms with Crippen LogP contribution in [0.2, 0.25) is 0 Å². The van der Waals surface area contributed by atoms with Crippen molar-refractivity contribution in [2.24, 2.45) is 11.8 Å². The quantitative estimate of drug-likeness (QED) is 0.846. The van der Waals surface area contributed by atoms with Gasteiger partial charge in [-0.1, -0.05) is 6.42 Å². The second-order valence-corrected chi connectivity index (χ2v) is 8.88. The Morgan fingerprint density at radius 1 is 1.25 bits per heavy atom. The van der Waals surface area contributed by atoms with E-state index in [1.165, 1.54) is 30.6 Å². The molecule has 2 fully saturated rings. The number of ether oxygens (including phenoxy) is 1. The SMILES string of the molecule is CN(c1ccc(OCC(=O)N[C@@H]2C[C@@H]3CC[C@@H]2C3)cc1)S(C)(=O)=O. The lowest BCUT2D eigenvalue weighted by Crippen LogP contribution is -2.40. The summed E-state index contributed by atoms with van der Waals surface area (Å²) in [5.41, 5.74) is 0.552. The van der Waals surface area contributed by atoms with Crippen LogP contribution in [0.5, 0.6) is 5.75 Å². The van der Waals surface area contributed by atoms with Gasteiger partial charge in [-0.3, -0.25) is 9.10 Å². The van der Waals surface area contributed by atoms with Crippen LogP contribution in [0.1, 0.15) is 25.7 Å². The van der Waals surface area contributed by atoms with E-state index in [4.69, 9.17) is 4.74 Å². The van der Waals surface area contributed by atoms with Gasteiger partial charge in [-0.2, -0.15) is 0 Å². The van der Waals surface area contributed by atoms with E-state index in [1.807, 2.05) is 0 Å². The average Bonchev–Trinajstić information content (AvgIpc) is 3.14. The maximum absolute atomic E-state index is 12.0. The molecule has 132 valence electrons. The fourth-order valence-corrected chi connectivity index (χ4v) is 4.27. The Bertz CT molecular complexity index is 702. The maximum atomic E-state index is 12.0. The van der Waals surface area contributed by atoms with Crippen LogP contribution in [0.25, 0.3) is 0 Å². The zero-order valence-corrected chi connectivity index (χ0v) is 14.9. The third kappa shape index (κ3) is 3.83. The van der Waals surface area contributed by atoms with Gasteiger partial charge in [0.15, 0.2) is 6.61 Å². The van der Waals surface area contributed by atoms with Crippen molar-refractivity contribution < 1.29 is 17.9 Å². The van der Waals surface area contributed by atoms with E-state index in [-0.39, 0.29) is 12.5 Å². The molecule has 2 aliphatic rings. The van der Waals surface area contributed by atoms with E-state index in [1.54, 1.807) is 24.3 Å². The molecule has 0 aliphatic heterocycles. The molecule has 7 heteroatoms. The first-order valence-corrected chi connectivity index (χ1v) is 10.1. The van der Waals surface area contributed by atoms with Gasteiger partial charge in [0.2, 0.25) is 10.0 Å². The molecule has 0 radical (unpaired) electrons. The van der Waals surface area contributed by atoms with E-state index in [0.29, 0.717) is 23.4 Å². The number of hydrogen-bond acceptors (Lipinski definition) is 4. The highest BCUT2D eigenvalue weighted by atomic mass is 32.2. The Morgan fingerprint density at radius 2 is 1.96 bits per heavy atom. The Morgan fingerprint density at radius 3 is 2.50 bits per heavy atom. The van der Waals surface area contributed by atoms with Crippen LogP contribution in [0.15, 0.2) is 24.3 Å². The van der Waals surface area contributed by atoms with Gasteiger partial charge in [-0.25, -0.2) is 8.42 Å². The second kappa shape index (κ2) is 6.63. The first-order chi connectivity index (χ1) is 11.3. The third-order valence-electron chi connectivity index (χ3n) is 5.15. The molecule has 1 aromatic rings. The molecule has 24 heavy (non-hydrogen) atoms. The van der Waals surface area contributed by atoms with Gasteiger partial charge in [0.05, 0.1) is 11.9 Å². The fraction of sp³-hybridized carbons (Fsp3) is 0.588. The molecular formula is C17H24N2O4S. The summed E-state index contributed by atoms with van der Waals surface area (Å²) >= 11 is 0. The number of nitrogens with one attached hydrogen (secondary N) is 1. The number of carbonyl (C=O) groups is 1. The van der Waals surface area contributed by atoms with Crippen molar-refractivity contribution in [3.63, 3.8) is 0 Å². The summed E-state index contributed by atoms with van der Waals surface area (Å²) in [6.07, 6.45) is 6.04. The first-order valence-electron chi connectivity index (χ1n) is 8.29. The zero-order chi connectivity index (χ0) is 17.3. The lowest BCUT2D eigenvalue weighted by atomic mass is 9.95. The standard InChI is InChI=1S/C17H24N2O4S/c1-19(24(2,21)22)14-5-7-15(8-6-14)23-11-17(20)18-16-10-12-3-4-13(16)9-12/h5-8,12-13,16H,3-4,9-11H2,1-2H3,(H,18,20)/t12-,13-,16-/m1/s1. The van der Waals surface area contributed by atoms with Crippen LogP contribution < -0.4 is 14.4 Å². The summed E-state index contributed by atoms with van der Waals surface area (Å²) in [6.45, 7) is -0.0187. The van der Waals surface area contributed by atoms with Crippen LogP contribution >= 0.6 is 0 Å². The summed E-state index contributed by atoms with van der Waals surface area (Å²) in [5, 5.41) is 3.08. The molecular weight excluding hydrogens is 328 g/mol. The number of rotatable bonds is 6. The van der Waals surface area contributed by atoms with Gasteiger partial charge in [0.25, 0.3) is 5.91 Å². The van der Waals surface area contributed by atoms with Gasteiger partial charge in [0.1, 0.15) is 5.75 Å². The van der Waals surface area contributed by atoms with Crippen molar-refractivity contribution in [2.45, 2.75) is 31.7 Å². The summed E-state index contributed by atoms with van der Waals surface area (Å²) < 4.78 is 29.7. The molecule has 3 atom stereocenters. The Labute approximate surface area is 143 Å². The fourth-order valence-electron chi connectivity index (χ4n) is 3.76. The zero-order valence-electron chi connectivity index (χ0n) is 14.1. The first kappa shape index (κ1) is 17.1. The minimum Gasteiger partial charge on any atom is -0.484 e. The predicted molar refractivity (Wildman–Crippen MR) is 92.6 cm³/mol. The predicted octanol–water partition coefficient (Wildman–Crippen LogP) is 1.77. The molecule has 1 aromatic carbocycles. The van der Waals surface area contributed by atoms with Crippen LogP contribution in [-0.2, 0) is 14.8 Å². The highest BCUT2D eigenvalue weighted by molar-refractivity contribution is 7.92. The van der Waals surface area contributed by atoms with Crippen LogP contribution in [0, 0.1) is 11.8 Å². The largest absolute Gasteiger partial charge is 0.484 e. The Balaban J connectivity index is 1.49. The third-order valence-corrected chi connectivity index (χ3v) is 6.36. The molecule has 0 heterocycles. The lowest BCUT2D eigenvalue weighted by molar-refractivity contribution is -0.124. The molecule has 1 N–H and O–H groups in total. The number of anilines is 1. The van der Waals surface area contributed by atoms with Gasteiger partial charge in [-0.15, -0.1) is 0 Å². The van der Waals surface area contributed by atoms with Gasteiger partial charge in [-0.05, 0) is 55.4 Å². The highest BCUT2D eigenvalue weighted by Gasteiger charge is 2.40. The van der Waals surface area contributed by atoms with Crippen LogP contribution in [-0.4, -0.2) is 40.3 Å². The molecule has 2 saturated carbocycles. The van der Waals surface area contributed by atoms with E-state index >= 15 is 0 Å². The minimum atomic E-state index is -3.28. The summed E-state index contributed by atoms with van der Waals surface area (Å²) in [6, 6.07) is 6.96. The molecule has 0 aromatic heterocycles. The summed E-state index contributed by atoms with van der Waals surface area (Å²) in [7, 11) is -1.79. The second-order valence-electron chi connectivity index (χ2n) is 6.86. The average molecular weight is 352 g/mol. The molecule has 0 unspecified atom stereocenters. The van der Waals surface area contributed by atoms with E-state index in [0.717, 1.165) is 18.6 Å². The molecule has 6 nitrogen and oxygen atoms in total. The number of nitrogens with zero attached hydrogens (tertiary/aromatic N) is 1. The molecule has 2 aliphatic carbocycles. The van der Waals surface area contributed by atoms with Crippen molar-refractivity contribution in [3.8, 4) is 5.75 Å². The van der Waals surface area contributed by atoms with E-state index in [9.17, 15) is 13.2 Å². The molecule has 0 spiro atoms. The van der Waals surface area contributed by atoms with Crippen LogP contribution in [0.4, 0.5) is 5.69 Å². The lowest BCUT2D eigenvalue weighted by Gasteiger charge is -2.22. The van der Waals surface area contributed by atoms with Gasteiger partial charge in [0, 0.05) is 13.1 Å². The Hall–Kier alpha value is -1.76. The van der Waals surface area contributed by atoms with Crippen molar-refractivity contribution in [1.29, 1.82) is 0 Å². The smallest absolute Gasteiger partial charge is 0.258 e. The monoisotopic (exact) mass is 352 g/mol. The Kier molecular flexibility index (Phi) is 4.71. The van der Waals surface area contributed by atoms with E-state index in [2.05, 4.69) is 5.32 Å². The minimum absolute atomic E-state index is 0.0187. The molecule has 3 rings (SSSR count). The number of carbonyl (C=O) groups excluding carboxylic acids is 1. The number of sulfonamides is 1. The van der Waals surface area contributed by atoms with Crippen molar-refractivity contribution >= 4 is 21.6 Å². The van der Waals surface area contributed by atoms with Gasteiger partial charge >= 0.3 is 0 Å². The molecule has 0 saturated heterocycles. The number of amides is 1. The molecule has 1 amide bonds. The maximum Gasteiger partial charge on any atom is 0.258 e. The van der Waals surface area contributed by atoms with Crippen molar-refractivity contribution in [1.82, 2.24) is 5.32 Å². The molecule has 2 bridgehead atoms.